The zero-order valence-corrected chi connectivity index (χ0v) is 17.6. The van der Waals surface area contributed by atoms with Gasteiger partial charge in [-0.3, -0.25) is 23.7 Å². The Kier molecular flexibility index (Phi) is 4.00. The van der Waals surface area contributed by atoms with E-state index in [2.05, 4.69) is 11.1 Å². The summed E-state index contributed by atoms with van der Waals surface area (Å²) in [6.45, 7) is 0.572. The first-order chi connectivity index (χ1) is 16.1. The number of hydrogen-bond acceptors (Lipinski definition) is 6. The average molecular weight is 436 g/mol. The van der Waals surface area contributed by atoms with Crippen LogP contribution >= 0.6 is 0 Å². The van der Waals surface area contributed by atoms with Gasteiger partial charge in [0.1, 0.15) is 11.7 Å². The summed E-state index contributed by atoms with van der Waals surface area (Å²) < 4.78 is 6.58. The molecule has 0 N–H and O–H groups in total. The van der Waals surface area contributed by atoms with E-state index < -0.39 is 11.8 Å². The third-order valence-electron chi connectivity index (χ3n) is 6.30. The number of pyridine rings is 1. The van der Waals surface area contributed by atoms with Crippen molar-refractivity contribution in [3.8, 4) is 6.07 Å². The highest BCUT2D eigenvalue weighted by Gasteiger charge is 2.36. The van der Waals surface area contributed by atoms with E-state index in [9.17, 15) is 19.6 Å². The van der Waals surface area contributed by atoms with E-state index in [4.69, 9.17) is 4.74 Å². The number of benzene rings is 3. The quantitative estimate of drug-likeness (QED) is 0.317. The summed E-state index contributed by atoms with van der Waals surface area (Å²) in [7, 11) is 1.55. The molecule has 8 nitrogen and oxygen atoms in total. The van der Waals surface area contributed by atoms with Crippen molar-refractivity contribution in [3.05, 3.63) is 69.5 Å². The maximum absolute atomic E-state index is 13.5. The minimum Gasteiger partial charge on any atom is -0.385 e. The Bertz CT molecular complexity index is 1760. The van der Waals surface area contributed by atoms with Crippen LogP contribution in [0.2, 0.25) is 0 Å². The zero-order chi connectivity index (χ0) is 22.9. The molecule has 5 aromatic rings. The van der Waals surface area contributed by atoms with Crippen LogP contribution in [0.3, 0.4) is 0 Å². The van der Waals surface area contributed by atoms with E-state index in [0.717, 1.165) is 4.90 Å². The number of amides is 2. The van der Waals surface area contributed by atoms with Gasteiger partial charge in [-0.1, -0.05) is 12.1 Å². The molecule has 2 amide bonds. The molecule has 0 saturated heterocycles. The van der Waals surface area contributed by atoms with Gasteiger partial charge in [-0.15, -0.1) is 0 Å². The lowest BCUT2D eigenvalue weighted by atomic mass is 9.87. The summed E-state index contributed by atoms with van der Waals surface area (Å²) in [5.41, 5.74) is 2.03. The van der Waals surface area contributed by atoms with E-state index in [1.807, 2.05) is 24.3 Å². The number of nitrogens with zero attached hydrogens (tertiary/aromatic N) is 4. The minimum absolute atomic E-state index is 0.151. The minimum atomic E-state index is -0.532. The molecule has 0 spiro atoms. The molecule has 0 fully saturated rings. The van der Waals surface area contributed by atoms with Crippen LogP contribution in [0.5, 0.6) is 0 Å². The predicted octanol–water partition coefficient (Wildman–Crippen LogP) is 3.10. The second-order valence-electron chi connectivity index (χ2n) is 8.04. The van der Waals surface area contributed by atoms with Gasteiger partial charge in [0.05, 0.1) is 22.2 Å². The number of carbonyl (C=O) groups excluding carboxylic acids is 2. The lowest BCUT2D eigenvalue weighted by Crippen LogP contribution is -2.41. The van der Waals surface area contributed by atoms with Gasteiger partial charge in [0.25, 0.3) is 17.4 Å². The topological polar surface area (TPSA) is 105 Å². The molecule has 2 aromatic heterocycles. The molecular weight excluding hydrogens is 420 g/mol. The Labute approximate surface area is 186 Å². The number of para-hydroxylation sites is 2. The van der Waals surface area contributed by atoms with Gasteiger partial charge in [-0.05, 0) is 36.8 Å². The summed E-state index contributed by atoms with van der Waals surface area (Å²) in [6.07, 6.45) is 0.479. The van der Waals surface area contributed by atoms with Crippen molar-refractivity contribution >= 4 is 50.0 Å². The molecule has 160 valence electrons. The van der Waals surface area contributed by atoms with Crippen LogP contribution in [0.1, 0.15) is 32.7 Å². The van der Waals surface area contributed by atoms with Crippen LogP contribution in [-0.4, -0.2) is 46.4 Å². The third kappa shape index (κ3) is 2.42. The monoisotopic (exact) mass is 436 g/mol. The number of carbonyl (C=O) groups is 2. The second kappa shape index (κ2) is 6.82. The van der Waals surface area contributed by atoms with E-state index in [0.29, 0.717) is 56.8 Å². The molecule has 1 aliphatic rings. The van der Waals surface area contributed by atoms with Crippen molar-refractivity contribution in [2.75, 3.05) is 20.3 Å². The van der Waals surface area contributed by atoms with Crippen molar-refractivity contribution in [2.45, 2.75) is 6.42 Å². The highest BCUT2D eigenvalue weighted by atomic mass is 16.5. The number of ether oxygens (including phenoxy) is 1. The fourth-order valence-corrected chi connectivity index (χ4v) is 4.88. The Morgan fingerprint density at radius 1 is 1.03 bits per heavy atom. The normalized spacial score (nSPS) is 13.6. The Hall–Kier alpha value is -4.35. The molecule has 0 saturated carbocycles. The smallest absolute Gasteiger partial charge is 0.264 e. The lowest BCUT2D eigenvalue weighted by molar-refractivity contribution is 0.0595. The number of imide groups is 1. The highest BCUT2D eigenvalue weighted by Crippen LogP contribution is 2.39. The fraction of sp³-hybridized carbons (Fsp3) is 0.160. The van der Waals surface area contributed by atoms with Gasteiger partial charge in [0.2, 0.25) is 0 Å². The molecule has 3 heterocycles. The summed E-state index contributed by atoms with van der Waals surface area (Å²) >= 11 is 0. The molecule has 33 heavy (non-hydrogen) atoms. The molecule has 1 aliphatic heterocycles. The molecule has 0 radical (unpaired) electrons. The van der Waals surface area contributed by atoms with Crippen LogP contribution in [0.4, 0.5) is 0 Å². The van der Waals surface area contributed by atoms with Gasteiger partial charge in [0.15, 0.2) is 0 Å². The summed E-state index contributed by atoms with van der Waals surface area (Å²) in [5, 5.41) is 11.7. The number of fused-ring (bicyclic) bond motifs is 4. The molecule has 6 rings (SSSR count). The molecular formula is C25H16N4O4. The van der Waals surface area contributed by atoms with E-state index in [1.54, 1.807) is 25.3 Å². The number of imidazole rings is 1. The van der Waals surface area contributed by atoms with Crippen LogP contribution in [0.25, 0.3) is 38.2 Å². The van der Waals surface area contributed by atoms with Gasteiger partial charge in [0, 0.05) is 47.4 Å². The van der Waals surface area contributed by atoms with Crippen LogP contribution < -0.4 is 5.56 Å². The van der Waals surface area contributed by atoms with Crippen LogP contribution in [0.15, 0.2) is 47.3 Å². The number of rotatable bonds is 4. The van der Waals surface area contributed by atoms with Crippen molar-refractivity contribution in [3.63, 3.8) is 0 Å². The molecule has 0 atom stereocenters. The fourth-order valence-electron chi connectivity index (χ4n) is 4.88. The third-order valence-corrected chi connectivity index (χ3v) is 6.30. The molecule has 3 aromatic carbocycles. The number of aromatic nitrogens is 2. The first-order valence-corrected chi connectivity index (χ1v) is 10.5. The first kappa shape index (κ1) is 19.3. The van der Waals surface area contributed by atoms with Crippen molar-refractivity contribution < 1.29 is 14.3 Å². The summed E-state index contributed by atoms with van der Waals surface area (Å²) in [5.74, 6) is -0.974. The Morgan fingerprint density at radius 3 is 2.64 bits per heavy atom. The van der Waals surface area contributed by atoms with Gasteiger partial charge in [-0.2, -0.15) is 5.26 Å². The van der Waals surface area contributed by atoms with Gasteiger partial charge >= 0.3 is 0 Å². The molecule has 8 heteroatoms. The average Bonchev–Trinajstić information content (AvgIpc) is 3.23. The largest absolute Gasteiger partial charge is 0.385 e. The zero-order valence-electron chi connectivity index (χ0n) is 17.6. The van der Waals surface area contributed by atoms with Gasteiger partial charge in [-0.25, -0.2) is 4.98 Å². The number of hydrogen-bond donors (Lipinski definition) is 0. The Morgan fingerprint density at radius 2 is 1.85 bits per heavy atom. The summed E-state index contributed by atoms with van der Waals surface area (Å²) in [6, 6.07) is 14.2. The van der Waals surface area contributed by atoms with Crippen molar-refractivity contribution in [1.29, 1.82) is 5.26 Å². The maximum atomic E-state index is 13.5. The highest BCUT2D eigenvalue weighted by molar-refractivity contribution is 6.32. The number of nitriles is 1. The van der Waals surface area contributed by atoms with Crippen LogP contribution in [0, 0.1) is 11.3 Å². The summed E-state index contributed by atoms with van der Waals surface area (Å²) in [4.78, 5) is 46.0. The Balaban J connectivity index is 1.77. The lowest BCUT2D eigenvalue weighted by Gasteiger charge is -2.28. The van der Waals surface area contributed by atoms with Crippen molar-refractivity contribution in [2.24, 2.45) is 0 Å². The predicted molar refractivity (Wildman–Crippen MR) is 122 cm³/mol. The number of methoxy groups -OCH3 is 1. The second-order valence-corrected chi connectivity index (χ2v) is 8.04. The van der Waals surface area contributed by atoms with Crippen molar-refractivity contribution in [1.82, 2.24) is 14.3 Å². The molecule has 0 aliphatic carbocycles. The SMILES string of the molecule is COCCCN1C(=O)c2ccc3c(=O)n4c5ccccc5nc4c4cc(C#N)c(c2c34)C1=O. The standard InChI is InChI=1S/C25H16N4O4/c1-33-10-4-9-28-23(30)15-8-7-14-20-16(11-13(12-26)19(21(15)20)25(28)32)22-27-17-5-2-3-6-18(17)29(22)24(14)31/h2-3,5-8,11H,4,9-10H2,1H3. The maximum Gasteiger partial charge on any atom is 0.264 e. The molecule has 0 bridgehead atoms. The van der Waals surface area contributed by atoms with Gasteiger partial charge < -0.3 is 4.74 Å². The van der Waals surface area contributed by atoms with Crippen LogP contribution in [-0.2, 0) is 4.74 Å². The van der Waals surface area contributed by atoms with E-state index >= 15 is 0 Å². The van der Waals surface area contributed by atoms with E-state index in [1.165, 1.54) is 4.40 Å². The first-order valence-electron chi connectivity index (χ1n) is 10.5. The van der Waals surface area contributed by atoms with E-state index in [-0.39, 0.29) is 23.2 Å². The molecule has 0 unspecified atom stereocenters.